The van der Waals surface area contributed by atoms with E-state index in [4.69, 9.17) is 0 Å². The molecule has 1 aromatic carbocycles. The molecule has 2 atom stereocenters. The minimum atomic E-state index is -0.661. The van der Waals surface area contributed by atoms with Crippen molar-refractivity contribution in [3.8, 4) is 11.3 Å². The molecule has 1 saturated carbocycles. The third-order valence-corrected chi connectivity index (χ3v) is 6.79. The van der Waals surface area contributed by atoms with Crippen molar-refractivity contribution in [2.24, 2.45) is 5.41 Å². The summed E-state index contributed by atoms with van der Waals surface area (Å²) >= 11 is 0. The molecule has 2 heterocycles. The van der Waals surface area contributed by atoms with Crippen LogP contribution >= 0.6 is 0 Å². The molecule has 1 N–H and O–H groups in total. The standard InChI is InChI=1S/C20H18F2N4O2/c1-19(2)11-6-7-20(19,9-15-23-18(27)28-26-15)17-10(11)8-14(24-25-17)16-12(21)4-3-5-13(16)22/h3-5,8,11H,6-7,9H2,1-2H3,(H,23,26,27)/t11-,20-/m0/s1. The first-order chi connectivity index (χ1) is 13.3. The van der Waals surface area contributed by atoms with Gasteiger partial charge in [0.05, 0.1) is 17.0 Å². The van der Waals surface area contributed by atoms with Crippen LogP contribution in [0.4, 0.5) is 8.78 Å². The summed E-state index contributed by atoms with van der Waals surface area (Å²) in [5.41, 5.74) is 1.28. The van der Waals surface area contributed by atoms with Crippen molar-refractivity contribution in [3.63, 3.8) is 0 Å². The van der Waals surface area contributed by atoms with Crippen molar-refractivity contribution >= 4 is 0 Å². The van der Waals surface area contributed by atoms with E-state index >= 15 is 0 Å². The van der Waals surface area contributed by atoms with Gasteiger partial charge in [-0.3, -0.25) is 9.51 Å². The fourth-order valence-corrected chi connectivity index (χ4v) is 5.31. The number of H-pyrrole nitrogens is 1. The number of benzene rings is 1. The van der Waals surface area contributed by atoms with Gasteiger partial charge in [0.1, 0.15) is 11.6 Å². The summed E-state index contributed by atoms with van der Waals surface area (Å²) in [6.07, 6.45) is 2.26. The highest BCUT2D eigenvalue weighted by Crippen LogP contribution is 2.68. The van der Waals surface area contributed by atoms with E-state index in [0.29, 0.717) is 12.2 Å². The zero-order chi connectivity index (χ0) is 19.7. The molecule has 1 fully saturated rings. The van der Waals surface area contributed by atoms with Crippen molar-refractivity contribution in [2.75, 3.05) is 0 Å². The first-order valence-electron chi connectivity index (χ1n) is 9.21. The van der Waals surface area contributed by atoms with Gasteiger partial charge in [-0.2, -0.15) is 10.2 Å². The summed E-state index contributed by atoms with van der Waals surface area (Å²) in [5.74, 6) is -1.26. The quantitative estimate of drug-likeness (QED) is 0.747. The van der Waals surface area contributed by atoms with E-state index < -0.39 is 17.4 Å². The molecular weight excluding hydrogens is 366 g/mol. The molecule has 6 nitrogen and oxygen atoms in total. The third kappa shape index (κ3) is 2.11. The average molecular weight is 384 g/mol. The minimum absolute atomic E-state index is 0.159. The molecule has 2 aromatic heterocycles. The maximum Gasteiger partial charge on any atom is 0.438 e. The zero-order valence-corrected chi connectivity index (χ0v) is 15.4. The van der Waals surface area contributed by atoms with Crippen LogP contribution in [0.2, 0.25) is 0 Å². The van der Waals surface area contributed by atoms with Gasteiger partial charge >= 0.3 is 5.76 Å². The van der Waals surface area contributed by atoms with E-state index in [2.05, 4.69) is 38.7 Å². The van der Waals surface area contributed by atoms with Crippen molar-refractivity contribution in [1.82, 2.24) is 20.3 Å². The Labute approximate surface area is 159 Å². The van der Waals surface area contributed by atoms with Crippen LogP contribution in [0.1, 0.15) is 49.7 Å². The molecule has 0 spiro atoms. The van der Waals surface area contributed by atoms with Crippen LogP contribution in [-0.2, 0) is 11.8 Å². The zero-order valence-electron chi connectivity index (χ0n) is 15.4. The molecule has 28 heavy (non-hydrogen) atoms. The van der Waals surface area contributed by atoms with Crippen molar-refractivity contribution in [2.45, 2.75) is 44.4 Å². The van der Waals surface area contributed by atoms with Gasteiger partial charge < -0.3 is 0 Å². The molecular formula is C20H18F2N4O2. The number of hydrogen-bond donors (Lipinski definition) is 1. The van der Waals surface area contributed by atoms with Gasteiger partial charge in [0.2, 0.25) is 0 Å². The minimum Gasteiger partial charge on any atom is -0.296 e. The lowest BCUT2D eigenvalue weighted by Gasteiger charge is -2.37. The highest BCUT2D eigenvalue weighted by Gasteiger charge is 2.63. The summed E-state index contributed by atoms with van der Waals surface area (Å²) in [4.78, 5) is 14.0. The molecule has 0 unspecified atom stereocenters. The van der Waals surface area contributed by atoms with E-state index in [1.54, 1.807) is 6.07 Å². The number of halogens is 2. The molecule has 2 bridgehead atoms. The summed E-state index contributed by atoms with van der Waals surface area (Å²) in [6, 6.07) is 5.52. The Morgan fingerprint density at radius 3 is 2.68 bits per heavy atom. The number of nitrogens with zero attached hydrogens (tertiary/aromatic N) is 3. The van der Waals surface area contributed by atoms with Gasteiger partial charge in [-0.1, -0.05) is 25.1 Å². The van der Waals surface area contributed by atoms with Gasteiger partial charge in [-0.15, -0.1) is 0 Å². The number of hydrogen-bond acceptors (Lipinski definition) is 5. The number of aromatic nitrogens is 4. The van der Waals surface area contributed by atoms with E-state index in [0.717, 1.165) is 24.1 Å². The SMILES string of the molecule is CC1(C)[C@H]2CC[C@]1(Cc1noc(=O)[nH]1)c1nnc(-c3c(F)cccc3F)cc12. The van der Waals surface area contributed by atoms with Gasteiger partial charge in [0.15, 0.2) is 5.82 Å². The van der Waals surface area contributed by atoms with Crippen molar-refractivity contribution < 1.29 is 13.3 Å². The number of rotatable bonds is 3. The molecule has 2 aliphatic rings. The molecule has 2 aliphatic carbocycles. The maximum atomic E-state index is 14.2. The van der Waals surface area contributed by atoms with Crippen LogP contribution in [0, 0.1) is 17.0 Å². The highest BCUT2D eigenvalue weighted by atomic mass is 19.1. The summed E-state index contributed by atoms with van der Waals surface area (Å²) in [7, 11) is 0. The first-order valence-corrected chi connectivity index (χ1v) is 9.21. The van der Waals surface area contributed by atoms with Gasteiger partial charge in [-0.05, 0) is 47.9 Å². The normalized spacial score (nSPS) is 24.5. The van der Waals surface area contributed by atoms with Crippen LogP contribution in [0.15, 0.2) is 33.6 Å². The fourth-order valence-electron chi connectivity index (χ4n) is 5.31. The van der Waals surface area contributed by atoms with Crippen molar-refractivity contribution in [3.05, 3.63) is 63.5 Å². The first kappa shape index (κ1) is 17.2. The second kappa shape index (κ2) is 5.56. The predicted molar refractivity (Wildman–Crippen MR) is 95.6 cm³/mol. The average Bonchev–Trinajstić information content (AvgIpc) is 3.21. The Balaban J connectivity index is 1.66. The largest absolute Gasteiger partial charge is 0.438 e. The molecule has 8 heteroatoms. The summed E-state index contributed by atoms with van der Waals surface area (Å²) in [5, 5.41) is 12.4. The molecule has 3 aromatic rings. The van der Waals surface area contributed by atoms with E-state index in [1.807, 2.05) is 0 Å². The smallest absolute Gasteiger partial charge is 0.296 e. The van der Waals surface area contributed by atoms with E-state index in [9.17, 15) is 13.6 Å². The molecule has 0 saturated heterocycles. The van der Waals surface area contributed by atoms with E-state index in [-0.39, 0.29) is 28.0 Å². The molecule has 5 rings (SSSR count). The Kier molecular flexibility index (Phi) is 3.42. The summed E-state index contributed by atoms with van der Waals surface area (Å²) < 4.78 is 33.1. The number of nitrogens with one attached hydrogen (secondary N) is 1. The highest BCUT2D eigenvalue weighted by molar-refractivity contribution is 5.63. The topological polar surface area (TPSA) is 84.7 Å². The van der Waals surface area contributed by atoms with Crippen LogP contribution in [0.5, 0.6) is 0 Å². The second-order valence-corrected chi connectivity index (χ2v) is 8.24. The number of fused-ring (bicyclic) bond motifs is 5. The Morgan fingerprint density at radius 2 is 2.00 bits per heavy atom. The lowest BCUT2D eigenvalue weighted by atomic mass is 9.66. The van der Waals surface area contributed by atoms with Gasteiger partial charge in [0, 0.05) is 11.8 Å². The predicted octanol–water partition coefficient (Wildman–Crippen LogP) is 3.50. The lowest BCUT2D eigenvalue weighted by molar-refractivity contribution is 0.199. The number of aromatic amines is 1. The maximum absolute atomic E-state index is 14.2. The molecule has 0 amide bonds. The van der Waals surface area contributed by atoms with Gasteiger partial charge in [-0.25, -0.2) is 13.6 Å². The van der Waals surface area contributed by atoms with Gasteiger partial charge in [0.25, 0.3) is 0 Å². The second-order valence-electron chi connectivity index (χ2n) is 8.24. The van der Waals surface area contributed by atoms with Crippen LogP contribution in [0.3, 0.4) is 0 Å². The van der Waals surface area contributed by atoms with Crippen LogP contribution in [0.25, 0.3) is 11.3 Å². The molecule has 144 valence electrons. The summed E-state index contributed by atoms with van der Waals surface area (Å²) in [6.45, 7) is 4.32. The Morgan fingerprint density at radius 1 is 1.25 bits per heavy atom. The Bertz CT molecular complexity index is 1130. The lowest BCUT2D eigenvalue weighted by Crippen LogP contribution is -2.38. The Hall–Kier alpha value is -2.90. The molecule has 0 radical (unpaired) electrons. The molecule has 0 aliphatic heterocycles. The van der Waals surface area contributed by atoms with Crippen LogP contribution in [-0.4, -0.2) is 20.3 Å². The third-order valence-electron chi connectivity index (χ3n) is 6.79. The van der Waals surface area contributed by atoms with E-state index in [1.165, 1.54) is 18.2 Å². The van der Waals surface area contributed by atoms with Crippen molar-refractivity contribution in [1.29, 1.82) is 0 Å². The monoisotopic (exact) mass is 384 g/mol. The fraction of sp³-hybridized carbons (Fsp3) is 0.400. The van der Waals surface area contributed by atoms with Crippen LogP contribution < -0.4 is 5.76 Å².